The Balaban J connectivity index is 2.61. The van der Waals surface area contributed by atoms with Crippen LogP contribution in [0.4, 0.5) is 0 Å². The number of carboxylic acid groups (broad SMARTS) is 1. The third-order valence-electron chi connectivity index (χ3n) is 2.33. The Bertz CT molecular complexity index is 398. The molecule has 0 bridgehead atoms. The van der Waals surface area contributed by atoms with Crippen molar-refractivity contribution in [3.8, 4) is 5.75 Å². The molecule has 0 saturated carbocycles. The summed E-state index contributed by atoms with van der Waals surface area (Å²) in [5.74, 6) is -1.37. The number of benzene rings is 1. The number of carbonyl (C=O) groups is 2. The minimum absolute atomic E-state index is 0.0105. The van der Waals surface area contributed by atoms with Gasteiger partial charge in [0.25, 0.3) is 0 Å². The van der Waals surface area contributed by atoms with Crippen molar-refractivity contribution in [1.82, 2.24) is 0 Å². The zero-order chi connectivity index (χ0) is 12.7. The van der Waals surface area contributed by atoms with Gasteiger partial charge in [0.15, 0.2) is 0 Å². The summed E-state index contributed by atoms with van der Waals surface area (Å²) in [6, 6.07) is 6.14. The van der Waals surface area contributed by atoms with Gasteiger partial charge < -0.3 is 9.84 Å². The molecule has 0 spiro atoms. The summed E-state index contributed by atoms with van der Waals surface area (Å²) in [5, 5.41) is 8.90. The van der Waals surface area contributed by atoms with Gasteiger partial charge in [-0.05, 0) is 18.6 Å². The van der Waals surface area contributed by atoms with Crippen molar-refractivity contribution in [3.05, 3.63) is 29.8 Å². The van der Waals surface area contributed by atoms with Crippen LogP contribution in [0, 0.1) is 0 Å². The monoisotopic (exact) mass is 236 g/mol. The summed E-state index contributed by atoms with van der Waals surface area (Å²) in [6.45, 7) is 2.05. The van der Waals surface area contributed by atoms with Crippen molar-refractivity contribution in [3.63, 3.8) is 0 Å². The molecule has 1 aromatic carbocycles. The second-order valence-corrected chi connectivity index (χ2v) is 3.73. The van der Waals surface area contributed by atoms with Crippen LogP contribution in [0.3, 0.4) is 0 Å². The van der Waals surface area contributed by atoms with E-state index < -0.39 is 5.97 Å². The summed E-state index contributed by atoms with van der Waals surface area (Å²) in [6.07, 6.45) is 3.08. The first-order valence-electron chi connectivity index (χ1n) is 5.68. The van der Waals surface area contributed by atoms with E-state index in [1.807, 2.05) is 6.92 Å². The smallest absolute Gasteiger partial charge is 0.339 e. The summed E-state index contributed by atoms with van der Waals surface area (Å²) < 4.78 is 5.03. The molecule has 1 aromatic rings. The van der Waals surface area contributed by atoms with Gasteiger partial charge in [-0.2, -0.15) is 0 Å². The van der Waals surface area contributed by atoms with E-state index in [9.17, 15) is 9.59 Å². The number of rotatable bonds is 6. The van der Waals surface area contributed by atoms with Gasteiger partial charge in [-0.3, -0.25) is 4.79 Å². The third kappa shape index (κ3) is 4.26. The molecule has 4 heteroatoms. The first-order chi connectivity index (χ1) is 8.15. The van der Waals surface area contributed by atoms with Gasteiger partial charge in [0, 0.05) is 6.42 Å². The van der Waals surface area contributed by atoms with Crippen LogP contribution >= 0.6 is 0 Å². The summed E-state index contributed by atoms with van der Waals surface area (Å²) in [4.78, 5) is 22.3. The highest BCUT2D eigenvalue weighted by atomic mass is 16.5. The number of esters is 1. The molecule has 0 amide bonds. The normalized spacial score (nSPS) is 9.94. The van der Waals surface area contributed by atoms with E-state index in [4.69, 9.17) is 9.84 Å². The van der Waals surface area contributed by atoms with Crippen LogP contribution in [0.5, 0.6) is 5.75 Å². The topological polar surface area (TPSA) is 63.6 Å². The molecule has 0 heterocycles. The average Bonchev–Trinajstić information content (AvgIpc) is 2.29. The van der Waals surface area contributed by atoms with Crippen LogP contribution in [-0.2, 0) is 4.79 Å². The fraction of sp³-hybridized carbons (Fsp3) is 0.385. The molecule has 0 saturated heterocycles. The molecule has 17 heavy (non-hydrogen) atoms. The fourth-order valence-electron chi connectivity index (χ4n) is 1.43. The zero-order valence-electron chi connectivity index (χ0n) is 9.81. The minimum atomic E-state index is -1.10. The Morgan fingerprint density at radius 3 is 2.59 bits per heavy atom. The quantitative estimate of drug-likeness (QED) is 0.468. The molecule has 0 radical (unpaired) electrons. The number of ether oxygens (including phenoxy) is 1. The van der Waals surface area contributed by atoms with Crippen molar-refractivity contribution in [1.29, 1.82) is 0 Å². The maximum Gasteiger partial charge on any atom is 0.339 e. The molecule has 0 aliphatic heterocycles. The van der Waals surface area contributed by atoms with Gasteiger partial charge >= 0.3 is 11.9 Å². The molecule has 0 aliphatic carbocycles. The van der Waals surface area contributed by atoms with Gasteiger partial charge in [0.2, 0.25) is 0 Å². The van der Waals surface area contributed by atoms with E-state index in [1.54, 1.807) is 12.1 Å². The predicted octanol–water partition coefficient (Wildman–Crippen LogP) is 2.87. The number of unbranched alkanes of at least 4 members (excludes halogenated alkanes) is 2. The molecule has 0 aromatic heterocycles. The number of para-hydroxylation sites is 1. The zero-order valence-corrected chi connectivity index (χ0v) is 9.81. The molecule has 1 rings (SSSR count). The van der Waals surface area contributed by atoms with Crippen LogP contribution < -0.4 is 4.74 Å². The van der Waals surface area contributed by atoms with E-state index in [-0.39, 0.29) is 17.3 Å². The first kappa shape index (κ1) is 13.2. The molecule has 4 nitrogen and oxygen atoms in total. The van der Waals surface area contributed by atoms with Gasteiger partial charge in [-0.25, -0.2) is 4.79 Å². The summed E-state index contributed by atoms with van der Waals surface area (Å²) in [5.41, 5.74) is 0.0105. The van der Waals surface area contributed by atoms with Crippen LogP contribution in [0.25, 0.3) is 0 Å². The lowest BCUT2D eigenvalue weighted by Gasteiger charge is -2.06. The average molecular weight is 236 g/mol. The van der Waals surface area contributed by atoms with Crippen LogP contribution in [0.1, 0.15) is 43.0 Å². The van der Waals surface area contributed by atoms with E-state index in [0.717, 1.165) is 19.3 Å². The molecule has 0 aliphatic rings. The van der Waals surface area contributed by atoms with E-state index in [0.29, 0.717) is 6.42 Å². The van der Waals surface area contributed by atoms with Crippen LogP contribution in [0.15, 0.2) is 24.3 Å². The number of carbonyl (C=O) groups excluding carboxylic acids is 1. The Hall–Kier alpha value is -1.84. The highest BCUT2D eigenvalue weighted by molar-refractivity contribution is 5.91. The second-order valence-electron chi connectivity index (χ2n) is 3.73. The first-order valence-corrected chi connectivity index (χ1v) is 5.68. The fourth-order valence-corrected chi connectivity index (χ4v) is 1.43. The molecular formula is C13H16O4. The maximum absolute atomic E-state index is 11.4. The lowest BCUT2D eigenvalue weighted by atomic mass is 10.2. The number of carboxylic acids is 1. The van der Waals surface area contributed by atoms with E-state index >= 15 is 0 Å². The summed E-state index contributed by atoms with van der Waals surface area (Å²) >= 11 is 0. The largest absolute Gasteiger partial charge is 0.478 e. The number of hydrogen-bond donors (Lipinski definition) is 1. The van der Waals surface area contributed by atoms with Gasteiger partial charge in [-0.15, -0.1) is 0 Å². The Kier molecular flexibility index (Phi) is 5.20. The van der Waals surface area contributed by atoms with Gasteiger partial charge in [-0.1, -0.05) is 31.9 Å². The molecular weight excluding hydrogens is 220 g/mol. The van der Waals surface area contributed by atoms with Gasteiger partial charge in [0.1, 0.15) is 11.3 Å². The van der Waals surface area contributed by atoms with Crippen molar-refractivity contribution < 1.29 is 19.4 Å². The van der Waals surface area contributed by atoms with Crippen molar-refractivity contribution >= 4 is 11.9 Å². The second kappa shape index (κ2) is 6.68. The lowest BCUT2D eigenvalue weighted by Crippen LogP contribution is -2.10. The number of hydrogen-bond acceptors (Lipinski definition) is 3. The molecule has 0 atom stereocenters. The minimum Gasteiger partial charge on any atom is -0.478 e. The van der Waals surface area contributed by atoms with Crippen molar-refractivity contribution in [2.45, 2.75) is 32.6 Å². The highest BCUT2D eigenvalue weighted by Crippen LogP contribution is 2.18. The van der Waals surface area contributed by atoms with Crippen LogP contribution in [-0.4, -0.2) is 17.0 Å². The standard InChI is InChI=1S/C13H16O4/c1-2-3-4-9-12(14)17-11-8-6-5-7-10(11)13(15)16/h5-8H,2-4,9H2,1H3,(H,15,16). The Morgan fingerprint density at radius 1 is 1.24 bits per heavy atom. The Labute approximate surface area is 100 Å². The lowest BCUT2D eigenvalue weighted by molar-refractivity contribution is -0.134. The SMILES string of the molecule is CCCCCC(=O)Oc1ccccc1C(=O)O. The summed E-state index contributed by atoms with van der Waals surface area (Å²) in [7, 11) is 0. The Morgan fingerprint density at radius 2 is 1.94 bits per heavy atom. The van der Waals surface area contributed by atoms with Crippen LogP contribution in [0.2, 0.25) is 0 Å². The molecule has 0 unspecified atom stereocenters. The van der Waals surface area contributed by atoms with Crippen molar-refractivity contribution in [2.75, 3.05) is 0 Å². The highest BCUT2D eigenvalue weighted by Gasteiger charge is 2.13. The van der Waals surface area contributed by atoms with E-state index in [1.165, 1.54) is 12.1 Å². The molecule has 1 N–H and O–H groups in total. The van der Waals surface area contributed by atoms with E-state index in [2.05, 4.69) is 0 Å². The third-order valence-corrected chi connectivity index (χ3v) is 2.33. The predicted molar refractivity (Wildman–Crippen MR) is 63.2 cm³/mol. The van der Waals surface area contributed by atoms with Gasteiger partial charge in [0.05, 0.1) is 0 Å². The maximum atomic E-state index is 11.4. The molecule has 0 fully saturated rings. The van der Waals surface area contributed by atoms with Crippen molar-refractivity contribution in [2.24, 2.45) is 0 Å². The molecule has 92 valence electrons. The number of aromatic carboxylic acids is 1.